The summed E-state index contributed by atoms with van der Waals surface area (Å²) in [6.45, 7) is 2.27. The van der Waals surface area contributed by atoms with Crippen LogP contribution < -0.4 is 15.8 Å². The van der Waals surface area contributed by atoms with Crippen molar-refractivity contribution in [2.24, 2.45) is 16.6 Å². The van der Waals surface area contributed by atoms with Crippen LogP contribution in [0.1, 0.15) is 19.3 Å². The summed E-state index contributed by atoms with van der Waals surface area (Å²) in [5.74, 6) is 0.671. The molecule has 1 aliphatic rings. The van der Waals surface area contributed by atoms with Crippen molar-refractivity contribution in [1.29, 1.82) is 0 Å². The van der Waals surface area contributed by atoms with Gasteiger partial charge in [0.1, 0.15) is 4.21 Å². The molecule has 1 amide bonds. The van der Waals surface area contributed by atoms with Crippen LogP contribution in [-0.4, -0.2) is 58.4 Å². The number of carbonyl (C=O) groups is 1. The van der Waals surface area contributed by atoms with Crippen LogP contribution in [-0.2, 0) is 14.8 Å². The standard InChI is InChI=1S/C15H25N5O3S2/c1-17-15(20-8-2-4-12(11-20)10-13(16)21)18-6-7-19-25(22,23)14-5-3-9-24-14/h3,5,9,12,19H,2,4,6-8,10-11H2,1H3,(H2,16,21)(H,17,18). The topological polar surface area (TPSA) is 117 Å². The highest BCUT2D eigenvalue weighted by molar-refractivity contribution is 7.91. The Morgan fingerprint density at radius 1 is 1.48 bits per heavy atom. The van der Waals surface area contributed by atoms with E-state index in [0.717, 1.165) is 25.9 Å². The van der Waals surface area contributed by atoms with Crippen molar-refractivity contribution < 1.29 is 13.2 Å². The van der Waals surface area contributed by atoms with Gasteiger partial charge in [0.15, 0.2) is 5.96 Å². The number of rotatable bonds is 7. The van der Waals surface area contributed by atoms with E-state index < -0.39 is 10.0 Å². The van der Waals surface area contributed by atoms with Gasteiger partial charge in [0, 0.05) is 39.6 Å². The zero-order valence-electron chi connectivity index (χ0n) is 14.3. The minimum atomic E-state index is -3.45. The van der Waals surface area contributed by atoms with Gasteiger partial charge in [-0.3, -0.25) is 9.79 Å². The summed E-state index contributed by atoms with van der Waals surface area (Å²) in [4.78, 5) is 17.4. The van der Waals surface area contributed by atoms with Crippen molar-refractivity contribution in [3.05, 3.63) is 17.5 Å². The molecule has 0 radical (unpaired) electrons. The molecule has 10 heteroatoms. The summed E-state index contributed by atoms with van der Waals surface area (Å²) < 4.78 is 27.0. The maximum absolute atomic E-state index is 12.0. The lowest BCUT2D eigenvalue weighted by atomic mass is 9.95. The van der Waals surface area contributed by atoms with Gasteiger partial charge < -0.3 is 16.0 Å². The average Bonchev–Trinajstić information content (AvgIpc) is 3.10. The predicted octanol–water partition coefficient (Wildman–Crippen LogP) is 0.189. The van der Waals surface area contributed by atoms with E-state index in [1.54, 1.807) is 24.6 Å². The van der Waals surface area contributed by atoms with Gasteiger partial charge in [-0.2, -0.15) is 0 Å². The van der Waals surface area contributed by atoms with Crippen molar-refractivity contribution in [3.63, 3.8) is 0 Å². The Morgan fingerprint density at radius 3 is 2.92 bits per heavy atom. The van der Waals surface area contributed by atoms with E-state index in [4.69, 9.17) is 5.73 Å². The Morgan fingerprint density at radius 2 is 2.28 bits per heavy atom. The van der Waals surface area contributed by atoms with Gasteiger partial charge in [-0.15, -0.1) is 11.3 Å². The highest BCUT2D eigenvalue weighted by Gasteiger charge is 2.23. The highest BCUT2D eigenvalue weighted by atomic mass is 32.2. The van der Waals surface area contributed by atoms with E-state index in [9.17, 15) is 13.2 Å². The first kappa shape index (κ1) is 19.7. The van der Waals surface area contributed by atoms with E-state index in [-0.39, 0.29) is 18.4 Å². The smallest absolute Gasteiger partial charge is 0.250 e. The first-order valence-electron chi connectivity index (χ1n) is 8.19. The van der Waals surface area contributed by atoms with Crippen LogP contribution >= 0.6 is 11.3 Å². The monoisotopic (exact) mass is 387 g/mol. The lowest BCUT2D eigenvalue weighted by Gasteiger charge is -2.34. The number of carbonyl (C=O) groups excluding carboxylic acids is 1. The van der Waals surface area contributed by atoms with E-state index in [1.165, 1.54) is 11.3 Å². The Bertz CT molecular complexity index is 688. The first-order valence-corrected chi connectivity index (χ1v) is 10.6. The van der Waals surface area contributed by atoms with Crippen LogP contribution in [0.5, 0.6) is 0 Å². The number of nitrogens with two attached hydrogens (primary N) is 1. The molecule has 25 heavy (non-hydrogen) atoms. The third kappa shape index (κ3) is 5.98. The number of hydrogen-bond donors (Lipinski definition) is 3. The number of primary amides is 1. The first-order chi connectivity index (χ1) is 11.9. The Balaban J connectivity index is 1.79. The van der Waals surface area contributed by atoms with Gasteiger partial charge in [0.05, 0.1) is 0 Å². The predicted molar refractivity (Wildman–Crippen MR) is 99.0 cm³/mol. The Kier molecular flexibility index (Phi) is 7.21. The van der Waals surface area contributed by atoms with Crippen LogP contribution in [0.25, 0.3) is 0 Å². The van der Waals surface area contributed by atoms with Crippen molar-refractivity contribution in [2.45, 2.75) is 23.5 Å². The van der Waals surface area contributed by atoms with Gasteiger partial charge in [0.2, 0.25) is 15.9 Å². The number of aliphatic imine (C=N–C) groups is 1. The lowest BCUT2D eigenvalue weighted by molar-refractivity contribution is -0.119. The van der Waals surface area contributed by atoms with E-state index in [2.05, 4.69) is 19.9 Å². The van der Waals surface area contributed by atoms with Crippen molar-refractivity contribution in [1.82, 2.24) is 14.9 Å². The molecule has 1 aromatic heterocycles. The molecule has 0 spiro atoms. The Hall–Kier alpha value is -1.65. The van der Waals surface area contributed by atoms with Crippen LogP contribution in [0.15, 0.2) is 26.7 Å². The zero-order chi connectivity index (χ0) is 18.3. The molecular weight excluding hydrogens is 362 g/mol. The maximum atomic E-state index is 12.0. The molecule has 2 heterocycles. The molecule has 1 fully saturated rings. The zero-order valence-corrected chi connectivity index (χ0v) is 15.9. The third-order valence-corrected chi connectivity index (χ3v) is 6.84. The number of nitrogens with zero attached hydrogens (tertiary/aromatic N) is 2. The lowest BCUT2D eigenvalue weighted by Crippen LogP contribution is -2.48. The van der Waals surface area contributed by atoms with Crippen molar-refractivity contribution in [2.75, 3.05) is 33.2 Å². The molecule has 1 saturated heterocycles. The summed E-state index contributed by atoms with van der Waals surface area (Å²) in [6, 6.07) is 3.28. The maximum Gasteiger partial charge on any atom is 0.250 e. The molecule has 1 unspecified atom stereocenters. The Labute approximate surface area is 152 Å². The number of sulfonamides is 1. The second-order valence-electron chi connectivity index (χ2n) is 5.93. The molecule has 4 N–H and O–H groups in total. The van der Waals surface area contributed by atoms with Crippen LogP contribution in [0, 0.1) is 5.92 Å². The summed E-state index contributed by atoms with van der Waals surface area (Å²) in [5.41, 5.74) is 5.29. The molecule has 8 nitrogen and oxygen atoms in total. The van der Waals surface area contributed by atoms with Crippen molar-refractivity contribution in [3.8, 4) is 0 Å². The molecule has 1 aromatic rings. The molecule has 0 aliphatic carbocycles. The van der Waals surface area contributed by atoms with Gasteiger partial charge in [-0.25, -0.2) is 13.1 Å². The summed E-state index contributed by atoms with van der Waals surface area (Å²) in [5, 5.41) is 4.90. The molecule has 2 rings (SSSR count). The molecular formula is C15H25N5O3S2. The number of nitrogens with one attached hydrogen (secondary N) is 2. The normalized spacial score (nSPS) is 19.0. The minimum Gasteiger partial charge on any atom is -0.370 e. The fourth-order valence-electron chi connectivity index (χ4n) is 2.89. The van der Waals surface area contributed by atoms with Gasteiger partial charge in [-0.05, 0) is 30.2 Å². The second kappa shape index (κ2) is 9.16. The molecule has 1 atom stereocenters. The molecule has 0 saturated carbocycles. The highest BCUT2D eigenvalue weighted by Crippen LogP contribution is 2.19. The molecule has 0 aromatic carbocycles. The SMILES string of the molecule is CN=C(NCCNS(=O)(=O)c1cccs1)N1CCCC(CC(N)=O)C1. The van der Waals surface area contributed by atoms with Crippen LogP contribution in [0.2, 0.25) is 0 Å². The quantitative estimate of drug-likeness (QED) is 0.351. The fourth-order valence-corrected chi connectivity index (χ4v) is 4.96. The van der Waals surface area contributed by atoms with Crippen LogP contribution in [0.4, 0.5) is 0 Å². The largest absolute Gasteiger partial charge is 0.370 e. The number of thiophene rings is 1. The minimum absolute atomic E-state index is 0.238. The third-order valence-electron chi connectivity index (χ3n) is 3.98. The number of guanidine groups is 1. The number of piperidine rings is 1. The van der Waals surface area contributed by atoms with E-state index in [1.807, 2.05) is 0 Å². The number of likely N-dealkylation sites (tertiary alicyclic amines) is 1. The summed E-state index contributed by atoms with van der Waals surface area (Å²) in [7, 11) is -1.75. The summed E-state index contributed by atoms with van der Waals surface area (Å²) in [6.07, 6.45) is 2.34. The van der Waals surface area contributed by atoms with Crippen LogP contribution in [0.3, 0.4) is 0 Å². The van der Waals surface area contributed by atoms with E-state index >= 15 is 0 Å². The van der Waals surface area contributed by atoms with Gasteiger partial charge >= 0.3 is 0 Å². The summed E-state index contributed by atoms with van der Waals surface area (Å²) >= 11 is 1.19. The number of amides is 1. The van der Waals surface area contributed by atoms with E-state index in [0.29, 0.717) is 23.1 Å². The molecule has 0 bridgehead atoms. The van der Waals surface area contributed by atoms with Crippen molar-refractivity contribution >= 4 is 33.2 Å². The van der Waals surface area contributed by atoms with Gasteiger partial charge in [-0.1, -0.05) is 6.07 Å². The number of hydrogen-bond acceptors (Lipinski definition) is 5. The second-order valence-corrected chi connectivity index (χ2v) is 8.87. The molecule has 140 valence electrons. The average molecular weight is 388 g/mol. The van der Waals surface area contributed by atoms with Gasteiger partial charge in [0.25, 0.3) is 0 Å². The molecule has 1 aliphatic heterocycles. The fraction of sp³-hybridized carbons (Fsp3) is 0.600.